The summed E-state index contributed by atoms with van der Waals surface area (Å²) in [5.41, 5.74) is 6.44. The summed E-state index contributed by atoms with van der Waals surface area (Å²) in [6, 6.07) is 11.4. The number of benzene rings is 1. The zero-order valence-corrected chi connectivity index (χ0v) is 12.3. The van der Waals surface area contributed by atoms with Crippen LogP contribution in [0.4, 0.5) is 5.69 Å². The van der Waals surface area contributed by atoms with E-state index < -0.39 is 0 Å². The fourth-order valence-corrected chi connectivity index (χ4v) is 2.31. The molecular weight excluding hydrogens is 278 g/mol. The van der Waals surface area contributed by atoms with E-state index in [1.165, 1.54) is 0 Å². The number of nitrogen functional groups attached to an aromatic ring is 1. The fraction of sp³-hybridized carbons (Fsp3) is 0.235. The van der Waals surface area contributed by atoms with Crippen molar-refractivity contribution in [3.05, 3.63) is 67.1 Å². The molecule has 0 spiro atoms. The molecule has 1 atom stereocenters. The van der Waals surface area contributed by atoms with Crippen LogP contribution in [0.5, 0.6) is 5.75 Å². The first-order valence-corrected chi connectivity index (χ1v) is 7.30. The number of hydrogen-bond donors (Lipinski definition) is 1. The third kappa shape index (κ3) is 3.91. The molecule has 1 unspecified atom stereocenters. The van der Waals surface area contributed by atoms with Gasteiger partial charge in [0, 0.05) is 24.5 Å². The highest BCUT2D eigenvalue weighted by Gasteiger charge is 2.13. The Kier molecular flexibility index (Phi) is 4.44. The summed E-state index contributed by atoms with van der Waals surface area (Å²) in [5, 5.41) is 0. The zero-order valence-electron chi connectivity index (χ0n) is 12.3. The van der Waals surface area contributed by atoms with Crippen molar-refractivity contribution in [2.75, 3.05) is 5.73 Å². The molecule has 0 bridgehead atoms. The van der Waals surface area contributed by atoms with Crippen molar-refractivity contribution < 1.29 is 9.15 Å². The number of nitrogens with zero attached hydrogens (tertiary/aromatic N) is 2. The number of rotatable bonds is 7. The van der Waals surface area contributed by atoms with Crippen LogP contribution in [0.15, 0.2) is 65.8 Å². The van der Waals surface area contributed by atoms with Crippen molar-refractivity contribution in [2.24, 2.45) is 0 Å². The van der Waals surface area contributed by atoms with Crippen molar-refractivity contribution in [1.82, 2.24) is 9.55 Å². The molecule has 3 aromatic rings. The SMILES string of the molecule is Nc1ccc(OC(CCc2ccco2)Cn2ccnc2)cc1. The molecule has 2 aromatic heterocycles. The molecular formula is C17H19N3O2. The summed E-state index contributed by atoms with van der Waals surface area (Å²) < 4.78 is 13.5. The number of imidazole rings is 1. The standard InChI is InChI=1S/C17H19N3O2/c18-14-3-5-16(6-4-14)22-17(12-20-10-9-19-13-20)8-7-15-2-1-11-21-15/h1-6,9-11,13,17H,7-8,12,18H2. The van der Waals surface area contributed by atoms with E-state index in [1.54, 1.807) is 18.8 Å². The van der Waals surface area contributed by atoms with Crippen LogP contribution >= 0.6 is 0 Å². The molecule has 5 heteroatoms. The van der Waals surface area contributed by atoms with Crippen LogP contribution in [0.25, 0.3) is 0 Å². The average Bonchev–Trinajstić information content (AvgIpc) is 3.20. The lowest BCUT2D eigenvalue weighted by atomic mass is 10.1. The first kappa shape index (κ1) is 14.3. The van der Waals surface area contributed by atoms with Gasteiger partial charge in [-0.3, -0.25) is 0 Å². The Morgan fingerprint density at radius 1 is 1.23 bits per heavy atom. The Morgan fingerprint density at radius 3 is 2.77 bits per heavy atom. The molecule has 1 aromatic carbocycles. The van der Waals surface area contributed by atoms with Crippen LogP contribution in [0, 0.1) is 0 Å². The number of furan rings is 1. The van der Waals surface area contributed by atoms with E-state index in [4.69, 9.17) is 14.9 Å². The molecule has 0 amide bonds. The van der Waals surface area contributed by atoms with Gasteiger partial charge in [-0.2, -0.15) is 0 Å². The lowest BCUT2D eigenvalue weighted by molar-refractivity contribution is 0.168. The molecule has 0 aliphatic rings. The van der Waals surface area contributed by atoms with Gasteiger partial charge < -0.3 is 19.5 Å². The molecule has 22 heavy (non-hydrogen) atoms. The minimum Gasteiger partial charge on any atom is -0.489 e. The quantitative estimate of drug-likeness (QED) is 0.680. The monoisotopic (exact) mass is 297 g/mol. The molecule has 0 aliphatic carbocycles. The van der Waals surface area contributed by atoms with E-state index in [0.29, 0.717) is 0 Å². The van der Waals surface area contributed by atoms with Gasteiger partial charge in [-0.25, -0.2) is 4.98 Å². The van der Waals surface area contributed by atoms with Crippen LogP contribution in [-0.2, 0) is 13.0 Å². The van der Waals surface area contributed by atoms with E-state index in [2.05, 4.69) is 4.98 Å². The molecule has 0 saturated carbocycles. The molecule has 2 heterocycles. The molecule has 2 N–H and O–H groups in total. The Hall–Kier alpha value is -2.69. The van der Waals surface area contributed by atoms with Gasteiger partial charge in [0.1, 0.15) is 17.6 Å². The number of aromatic nitrogens is 2. The van der Waals surface area contributed by atoms with Crippen molar-refractivity contribution in [2.45, 2.75) is 25.5 Å². The molecule has 3 rings (SSSR count). The lowest BCUT2D eigenvalue weighted by Gasteiger charge is -2.19. The van der Waals surface area contributed by atoms with Crippen LogP contribution in [0.3, 0.4) is 0 Å². The largest absolute Gasteiger partial charge is 0.489 e. The second-order valence-corrected chi connectivity index (χ2v) is 5.19. The highest BCUT2D eigenvalue weighted by molar-refractivity contribution is 5.41. The summed E-state index contributed by atoms with van der Waals surface area (Å²) in [7, 11) is 0. The Morgan fingerprint density at radius 2 is 2.09 bits per heavy atom. The topological polar surface area (TPSA) is 66.2 Å². The maximum absolute atomic E-state index is 6.10. The molecule has 0 radical (unpaired) electrons. The van der Waals surface area contributed by atoms with Crippen molar-refractivity contribution >= 4 is 5.69 Å². The van der Waals surface area contributed by atoms with Gasteiger partial charge in [-0.1, -0.05) is 0 Å². The van der Waals surface area contributed by atoms with E-state index in [0.717, 1.165) is 36.6 Å². The van der Waals surface area contributed by atoms with Crippen molar-refractivity contribution in [3.63, 3.8) is 0 Å². The second-order valence-electron chi connectivity index (χ2n) is 5.19. The van der Waals surface area contributed by atoms with Gasteiger partial charge >= 0.3 is 0 Å². The zero-order chi connectivity index (χ0) is 15.2. The van der Waals surface area contributed by atoms with Crippen LogP contribution in [0.1, 0.15) is 12.2 Å². The lowest BCUT2D eigenvalue weighted by Crippen LogP contribution is -2.23. The molecule has 5 nitrogen and oxygen atoms in total. The number of aryl methyl sites for hydroxylation is 1. The first-order chi connectivity index (χ1) is 10.8. The third-order valence-electron chi connectivity index (χ3n) is 3.45. The highest BCUT2D eigenvalue weighted by Crippen LogP contribution is 2.18. The van der Waals surface area contributed by atoms with E-state index >= 15 is 0 Å². The van der Waals surface area contributed by atoms with Gasteiger partial charge in [0.2, 0.25) is 0 Å². The van der Waals surface area contributed by atoms with Gasteiger partial charge in [-0.05, 0) is 42.8 Å². The molecule has 114 valence electrons. The number of nitrogens with two attached hydrogens (primary N) is 1. The maximum atomic E-state index is 6.10. The van der Waals surface area contributed by atoms with Gasteiger partial charge in [0.15, 0.2) is 0 Å². The fourth-order valence-electron chi connectivity index (χ4n) is 2.31. The maximum Gasteiger partial charge on any atom is 0.119 e. The number of ether oxygens (including phenoxy) is 1. The van der Waals surface area contributed by atoms with Gasteiger partial charge in [0.25, 0.3) is 0 Å². The predicted molar refractivity (Wildman–Crippen MR) is 84.5 cm³/mol. The van der Waals surface area contributed by atoms with Crippen molar-refractivity contribution in [3.8, 4) is 5.75 Å². The minimum absolute atomic E-state index is 0.0305. The first-order valence-electron chi connectivity index (χ1n) is 7.30. The van der Waals surface area contributed by atoms with E-state index in [9.17, 15) is 0 Å². The smallest absolute Gasteiger partial charge is 0.119 e. The van der Waals surface area contributed by atoms with E-state index in [-0.39, 0.29) is 6.10 Å². The summed E-state index contributed by atoms with van der Waals surface area (Å²) in [6.45, 7) is 0.741. The Bertz CT molecular complexity index is 661. The average molecular weight is 297 g/mol. The third-order valence-corrected chi connectivity index (χ3v) is 3.45. The minimum atomic E-state index is 0.0305. The van der Waals surface area contributed by atoms with Gasteiger partial charge in [0.05, 0.1) is 19.1 Å². The summed E-state index contributed by atoms with van der Waals surface area (Å²) >= 11 is 0. The Labute approximate surface area is 129 Å². The van der Waals surface area contributed by atoms with Crippen LogP contribution in [-0.4, -0.2) is 15.7 Å². The molecule has 0 saturated heterocycles. The Balaban J connectivity index is 1.65. The predicted octanol–water partition coefficient (Wildman–Crippen LogP) is 3.14. The van der Waals surface area contributed by atoms with Crippen LogP contribution < -0.4 is 10.5 Å². The normalized spacial score (nSPS) is 12.2. The molecule has 0 aliphatic heterocycles. The summed E-state index contributed by atoms with van der Waals surface area (Å²) in [6.07, 6.45) is 8.92. The second kappa shape index (κ2) is 6.85. The number of anilines is 1. The van der Waals surface area contributed by atoms with Gasteiger partial charge in [-0.15, -0.1) is 0 Å². The molecule has 0 fully saturated rings. The van der Waals surface area contributed by atoms with E-state index in [1.807, 2.05) is 47.2 Å². The summed E-state index contributed by atoms with van der Waals surface area (Å²) in [4.78, 5) is 4.08. The van der Waals surface area contributed by atoms with Crippen molar-refractivity contribution in [1.29, 1.82) is 0 Å². The number of hydrogen-bond acceptors (Lipinski definition) is 4. The van der Waals surface area contributed by atoms with Crippen LogP contribution in [0.2, 0.25) is 0 Å². The highest BCUT2D eigenvalue weighted by atomic mass is 16.5. The summed E-state index contributed by atoms with van der Waals surface area (Å²) in [5.74, 6) is 1.79.